The molecule has 0 aliphatic heterocycles. The van der Waals surface area contributed by atoms with E-state index in [1.54, 1.807) is 0 Å². The Morgan fingerprint density at radius 3 is 2.74 bits per heavy atom. The number of nitrogens with zero attached hydrogens (tertiary/aromatic N) is 1. The van der Waals surface area contributed by atoms with Gasteiger partial charge < -0.3 is 10.5 Å². The van der Waals surface area contributed by atoms with E-state index in [9.17, 15) is 13.6 Å². The predicted molar refractivity (Wildman–Crippen MR) is 68.0 cm³/mol. The van der Waals surface area contributed by atoms with Crippen LogP contribution in [0, 0.1) is 18.6 Å². The molecule has 2 rings (SSSR count). The number of aromatic nitrogens is 1. The lowest BCUT2D eigenvalue weighted by Crippen LogP contribution is -2.04. The number of rotatable bonds is 2. The summed E-state index contributed by atoms with van der Waals surface area (Å²) in [5.41, 5.74) is 5.46. The molecular weight excluding hydrogens is 274 g/mol. The Bertz CT molecular complexity index is 655. The highest BCUT2D eigenvalue weighted by Gasteiger charge is 2.22. The van der Waals surface area contributed by atoms with Gasteiger partial charge in [-0.15, -0.1) is 0 Å². The van der Waals surface area contributed by atoms with Crippen LogP contribution in [0.15, 0.2) is 12.1 Å². The fourth-order valence-electron chi connectivity index (χ4n) is 1.53. The number of carbonyl (C=O) groups is 1. The smallest absolute Gasteiger partial charge is 0.359 e. The van der Waals surface area contributed by atoms with Crippen molar-refractivity contribution >= 4 is 22.3 Å². The first-order valence-corrected chi connectivity index (χ1v) is 6.07. The zero-order valence-corrected chi connectivity index (χ0v) is 11.0. The number of halogens is 2. The Hall–Kier alpha value is -2.02. The molecule has 0 radical (unpaired) electrons. The number of nitrogen functional groups attached to an aromatic ring is 1. The van der Waals surface area contributed by atoms with Crippen LogP contribution in [-0.2, 0) is 4.74 Å². The molecule has 0 spiro atoms. The highest BCUT2D eigenvalue weighted by molar-refractivity contribution is 7.19. The average Bonchev–Trinajstić information content (AvgIpc) is 2.75. The molecule has 0 unspecified atom stereocenters. The second kappa shape index (κ2) is 4.93. The van der Waals surface area contributed by atoms with E-state index in [2.05, 4.69) is 9.72 Å². The maximum absolute atomic E-state index is 13.9. The van der Waals surface area contributed by atoms with Crippen LogP contribution in [0.25, 0.3) is 10.6 Å². The summed E-state index contributed by atoms with van der Waals surface area (Å²) < 4.78 is 32.1. The van der Waals surface area contributed by atoms with Crippen molar-refractivity contribution in [1.29, 1.82) is 0 Å². The van der Waals surface area contributed by atoms with E-state index in [-0.39, 0.29) is 26.8 Å². The van der Waals surface area contributed by atoms with Crippen LogP contribution >= 0.6 is 11.3 Å². The SMILES string of the molecule is COC(=O)c1nc(-c2c(F)ccc(C)c2F)sc1N. The second-order valence-electron chi connectivity index (χ2n) is 3.78. The molecule has 0 aliphatic rings. The third-order valence-corrected chi connectivity index (χ3v) is 3.43. The van der Waals surface area contributed by atoms with Crippen molar-refractivity contribution in [3.05, 3.63) is 35.0 Å². The lowest BCUT2D eigenvalue weighted by atomic mass is 10.1. The number of hydrogen-bond acceptors (Lipinski definition) is 5. The fraction of sp³-hybridized carbons (Fsp3) is 0.167. The van der Waals surface area contributed by atoms with E-state index < -0.39 is 17.6 Å². The minimum Gasteiger partial charge on any atom is -0.464 e. The Morgan fingerprint density at radius 1 is 1.42 bits per heavy atom. The molecule has 1 aromatic carbocycles. The van der Waals surface area contributed by atoms with Gasteiger partial charge in [-0.2, -0.15) is 0 Å². The molecule has 0 atom stereocenters. The van der Waals surface area contributed by atoms with E-state index in [1.807, 2.05) is 0 Å². The van der Waals surface area contributed by atoms with Crippen molar-refractivity contribution in [2.45, 2.75) is 6.92 Å². The van der Waals surface area contributed by atoms with Gasteiger partial charge in [0.25, 0.3) is 0 Å². The molecule has 0 saturated heterocycles. The number of methoxy groups -OCH3 is 1. The summed E-state index contributed by atoms with van der Waals surface area (Å²) in [5.74, 6) is -2.22. The average molecular weight is 284 g/mol. The van der Waals surface area contributed by atoms with Crippen molar-refractivity contribution in [2.24, 2.45) is 0 Å². The third kappa shape index (κ3) is 2.28. The van der Waals surface area contributed by atoms with E-state index in [0.717, 1.165) is 17.4 Å². The fourth-order valence-corrected chi connectivity index (χ4v) is 2.39. The normalized spacial score (nSPS) is 10.5. The zero-order valence-electron chi connectivity index (χ0n) is 10.2. The summed E-state index contributed by atoms with van der Waals surface area (Å²) in [4.78, 5) is 15.2. The lowest BCUT2D eigenvalue weighted by Gasteiger charge is -2.03. The van der Waals surface area contributed by atoms with Crippen LogP contribution in [0.1, 0.15) is 16.1 Å². The highest BCUT2D eigenvalue weighted by atomic mass is 32.1. The number of benzene rings is 1. The van der Waals surface area contributed by atoms with Gasteiger partial charge in [-0.3, -0.25) is 0 Å². The highest BCUT2D eigenvalue weighted by Crippen LogP contribution is 2.34. The van der Waals surface area contributed by atoms with Gasteiger partial charge in [0.2, 0.25) is 0 Å². The molecule has 19 heavy (non-hydrogen) atoms. The third-order valence-electron chi connectivity index (χ3n) is 2.53. The number of thiazole rings is 1. The lowest BCUT2D eigenvalue weighted by molar-refractivity contribution is 0.0596. The molecule has 2 N–H and O–H groups in total. The molecule has 0 aliphatic carbocycles. The molecule has 1 heterocycles. The molecule has 7 heteroatoms. The maximum atomic E-state index is 13.9. The predicted octanol–water partition coefficient (Wildman–Crippen LogP) is 2.77. The van der Waals surface area contributed by atoms with Gasteiger partial charge >= 0.3 is 5.97 Å². The zero-order chi connectivity index (χ0) is 14.2. The summed E-state index contributed by atoms with van der Waals surface area (Å²) in [7, 11) is 1.18. The minimum atomic E-state index is -0.756. The van der Waals surface area contributed by atoms with Crippen LogP contribution in [0.4, 0.5) is 13.8 Å². The molecule has 0 saturated carbocycles. The van der Waals surface area contributed by atoms with E-state index in [4.69, 9.17) is 5.73 Å². The summed E-state index contributed by atoms with van der Waals surface area (Å²) in [5, 5.41) is 0.0683. The van der Waals surface area contributed by atoms with Crippen LogP contribution in [0.5, 0.6) is 0 Å². The number of nitrogens with two attached hydrogens (primary N) is 1. The molecule has 100 valence electrons. The van der Waals surface area contributed by atoms with Gasteiger partial charge in [0, 0.05) is 0 Å². The van der Waals surface area contributed by atoms with Gasteiger partial charge in [-0.05, 0) is 18.6 Å². The van der Waals surface area contributed by atoms with Crippen molar-refractivity contribution in [1.82, 2.24) is 4.98 Å². The van der Waals surface area contributed by atoms with E-state index in [1.165, 1.54) is 20.1 Å². The number of ether oxygens (including phenoxy) is 1. The molecule has 0 fully saturated rings. The Balaban J connectivity index is 2.61. The first-order valence-electron chi connectivity index (χ1n) is 5.25. The number of hydrogen-bond donors (Lipinski definition) is 1. The second-order valence-corrected chi connectivity index (χ2v) is 4.81. The number of aryl methyl sites for hydroxylation is 1. The first-order chi connectivity index (χ1) is 8.95. The minimum absolute atomic E-state index is 0.0107. The van der Waals surface area contributed by atoms with Crippen LogP contribution < -0.4 is 5.73 Å². The summed E-state index contributed by atoms with van der Waals surface area (Å²) in [6.07, 6.45) is 0. The standard InChI is InChI=1S/C12H10F2N2O2S/c1-5-3-4-6(13)7(8(5)14)11-16-9(10(15)19-11)12(17)18-2/h3-4H,15H2,1-2H3. The van der Waals surface area contributed by atoms with E-state index >= 15 is 0 Å². The van der Waals surface area contributed by atoms with Crippen molar-refractivity contribution in [3.63, 3.8) is 0 Å². The number of carbonyl (C=O) groups excluding carboxylic acids is 1. The van der Waals surface area contributed by atoms with Crippen LogP contribution in [0.3, 0.4) is 0 Å². The van der Waals surface area contributed by atoms with Gasteiger partial charge in [-0.25, -0.2) is 18.6 Å². The Kier molecular flexibility index (Phi) is 3.48. The van der Waals surface area contributed by atoms with Crippen molar-refractivity contribution in [3.8, 4) is 10.6 Å². The van der Waals surface area contributed by atoms with E-state index in [0.29, 0.717) is 0 Å². The van der Waals surface area contributed by atoms with Gasteiger partial charge in [0.15, 0.2) is 5.69 Å². The Morgan fingerprint density at radius 2 is 2.11 bits per heavy atom. The van der Waals surface area contributed by atoms with Crippen LogP contribution in [-0.4, -0.2) is 18.1 Å². The van der Waals surface area contributed by atoms with Crippen molar-refractivity contribution in [2.75, 3.05) is 12.8 Å². The Labute approximate surface area is 111 Å². The molecule has 0 bridgehead atoms. The van der Waals surface area contributed by atoms with Gasteiger partial charge in [0.1, 0.15) is 21.6 Å². The summed E-state index contributed by atoms with van der Waals surface area (Å²) in [6.45, 7) is 1.51. The van der Waals surface area contributed by atoms with Gasteiger partial charge in [-0.1, -0.05) is 17.4 Å². The molecule has 1 aromatic heterocycles. The molecule has 0 amide bonds. The quantitative estimate of drug-likeness (QED) is 0.861. The number of anilines is 1. The molecular formula is C12H10F2N2O2S. The summed E-state index contributed by atoms with van der Waals surface area (Å²) >= 11 is 0.834. The first kappa shape index (κ1) is 13.4. The topological polar surface area (TPSA) is 65.2 Å². The van der Waals surface area contributed by atoms with Crippen molar-refractivity contribution < 1.29 is 18.3 Å². The summed E-state index contributed by atoms with van der Waals surface area (Å²) in [6, 6.07) is 2.47. The molecule has 4 nitrogen and oxygen atoms in total. The van der Waals surface area contributed by atoms with Crippen LogP contribution in [0.2, 0.25) is 0 Å². The van der Waals surface area contributed by atoms with Gasteiger partial charge in [0.05, 0.1) is 12.7 Å². The largest absolute Gasteiger partial charge is 0.464 e. The maximum Gasteiger partial charge on any atom is 0.359 e. The monoisotopic (exact) mass is 284 g/mol. The molecule has 2 aromatic rings. The number of esters is 1.